The molecule has 0 radical (unpaired) electrons. The topological polar surface area (TPSA) is 248 Å². The predicted octanol–water partition coefficient (Wildman–Crippen LogP) is -3.16. The summed E-state index contributed by atoms with van der Waals surface area (Å²) in [5.74, 6) is -4.17. The minimum atomic E-state index is -1.26. The molecule has 0 saturated heterocycles. The number of imidazole rings is 1. The van der Waals surface area contributed by atoms with Crippen molar-refractivity contribution in [3.05, 3.63) is 18.2 Å². The molecule has 0 saturated carbocycles. The number of H-pyrrole nitrogens is 1. The maximum absolute atomic E-state index is 12.8. The SMILES string of the molecule is CC(NC(=O)C(N)CC(N)=O)C(=O)NC(CCCCN)C(=O)NC(Cc1cnc[nH]1)C(=O)O. The number of primary amides is 1. The number of aromatic nitrogens is 2. The average Bonchev–Trinajstić information content (AvgIpc) is 3.24. The van der Waals surface area contributed by atoms with Gasteiger partial charge in [0.05, 0.1) is 18.8 Å². The highest BCUT2D eigenvalue weighted by Gasteiger charge is 2.29. The summed E-state index contributed by atoms with van der Waals surface area (Å²) in [6, 6.07) is -4.62. The molecule has 11 N–H and O–H groups in total. The summed E-state index contributed by atoms with van der Waals surface area (Å²) in [4.78, 5) is 66.4. The second kappa shape index (κ2) is 13.8. The van der Waals surface area contributed by atoms with E-state index in [-0.39, 0.29) is 12.8 Å². The molecule has 184 valence electrons. The number of nitrogens with one attached hydrogen (secondary N) is 4. The van der Waals surface area contributed by atoms with Crippen molar-refractivity contribution < 1.29 is 29.1 Å². The van der Waals surface area contributed by atoms with Crippen molar-refractivity contribution in [2.45, 2.75) is 63.2 Å². The Bertz CT molecular complexity index is 815. The van der Waals surface area contributed by atoms with Gasteiger partial charge >= 0.3 is 5.97 Å². The van der Waals surface area contributed by atoms with E-state index in [0.717, 1.165) is 0 Å². The number of nitrogens with zero attached hydrogens (tertiary/aromatic N) is 1. The van der Waals surface area contributed by atoms with Crippen LogP contribution in [-0.4, -0.2) is 75.4 Å². The van der Waals surface area contributed by atoms with E-state index in [0.29, 0.717) is 25.1 Å². The number of aliphatic carboxylic acids is 1. The zero-order valence-corrected chi connectivity index (χ0v) is 18.4. The minimum absolute atomic E-state index is 0.0330. The molecule has 0 aliphatic heterocycles. The second-order valence-electron chi connectivity index (χ2n) is 7.53. The second-order valence-corrected chi connectivity index (χ2v) is 7.53. The summed E-state index contributed by atoms with van der Waals surface area (Å²) >= 11 is 0. The lowest BCUT2D eigenvalue weighted by molar-refractivity contribution is -0.142. The number of hydrogen-bond donors (Lipinski definition) is 8. The molecule has 0 fully saturated rings. The fourth-order valence-electron chi connectivity index (χ4n) is 2.84. The van der Waals surface area contributed by atoms with Crippen LogP contribution >= 0.6 is 0 Å². The van der Waals surface area contributed by atoms with E-state index in [4.69, 9.17) is 17.2 Å². The van der Waals surface area contributed by atoms with E-state index in [1.54, 1.807) is 0 Å². The predicted molar refractivity (Wildman–Crippen MR) is 116 cm³/mol. The number of unbranched alkanes of at least 4 members (excludes halogenated alkanes) is 1. The minimum Gasteiger partial charge on any atom is -0.480 e. The van der Waals surface area contributed by atoms with Crippen LogP contribution in [0.5, 0.6) is 0 Å². The number of aromatic amines is 1. The molecule has 0 spiro atoms. The number of carbonyl (C=O) groups is 5. The van der Waals surface area contributed by atoms with Crippen molar-refractivity contribution in [2.24, 2.45) is 17.2 Å². The number of carbonyl (C=O) groups excluding carboxylic acids is 4. The van der Waals surface area contributed by atoms with Gasteiger partial charge in [0, 0.05) is 18.3 Å². The summed E-state index contributed by atoms with van der Waals surface area (Å²) in [5, 5.41) is 16.7. The first-order valence-corrected chi connectivity index (χ1v) is 10.4. The first-order chi connectivity index (χ1) is 15.5. The average molecular weight is 469 g/mol. The van der Waals surface area contributed by atoms with Crippen LogP contribution in [0.1, 0.15) is 38.3 Å². The number of nitrogens with two attached hydrogens (primary N) is 3. The summed E-state index contributed by atoms with van der Waals surface area (Å²) < 4.78 is 0. The number of rotatable bonds is 15. The van der Waals surface area contributed by atoms with Gasteiger partial charge in [-0.1, -0.05) is 0 Å². The Morgan fingerprint density at radius 1 is 1.06 bits per heavy atom. The third-order valence-electron chi connectivity index (χ3n) is 4.68. The molecule has 1 heterocycles. The van der Waals surface area contributed by atoms with Gasteiger partial charge < -0.3 is 43.2 Å². The molecule has 0 aromatic carbocycles. The van der Waals surface area contributed by atoms with Gasteiger partial charge in [0.15, 0.2) is 0 Å². The smallest absolute Gasteiger partial charge is 0.326 e. The highest BCUT2D eigenvalue weighted by molar-refractivity contribution is 5.94. The van der Waals surface area contributed by atoms with E-state index in [9.17, 15) is 29.1 Å². The molecule has 4 amide bonds. The summed E-state index contributed by atoms with van der Waals surface area (Å²) in [5.41, 5.74) is 16.6. The van der Waals surface area contributed by atoms with Crippen molar-refractivity contribution in [1.82, 2.24) is 25.9 Å². The van der Waals surface area contributed by atoms with Crippen LogP contribution in [-0.2, 0) is 30.4 Å². The molecule has 14 nitrogen and oxygen atoms in total. The monoisotopic (exact) mass is 468 g/mol. The Morgan fingerprint density at radius 2 is 1.73 bits per heavy atom. The van der Waals surface area contributed by atoms with Crippen molar-refractivity contribution in [3.8, 4) is 0 Å². The molecule has 33 heavy (non-hydrogen) atoms. The molecule has 1 aromatic rings. The van der Waals surface area contributed by atoms with Gasteiger partial charge in [0.1, 0.15) is 18.1 Å². The Balaban J connectivity index is 2.80. The van der Waals surface area contributed by atoms with Crippen LogP contribution in [0.15, 0.2) is 12.5 Å². The fraction of sp³-hybridized carbons (Fsp3) is 0.579. The normalized spacial score (nSPS) is 14.4. The van der Waals surface area contributed by atoms with Gasteiger partial charge in [-0.25, -0.2) is 9.78 Å². The molecule has 1 aromatic heterocycles. The number of amides is 4. The molecule has 4 unspecified atom stereocenters. The molecule has 14 heteroatoms. The molecule has 0 aliphatic rings. The largest absolute Gasteiger partial charge is 0.480 e. The Morgan fingerprint density at radius 3 is 2.27 bits per heavy atom. The van der Waals surface area contributed by atoms with Gasteiger partial charge in [-0.2, -0.15) is 0 Å². The van der Waals surface area contributed by atoms with Gasteiger partial charge in [0.2, 0.25) is 23.6 Å². The van der Waals surface area contributed by atoms with Gasteiger partial charge in [0.25, 0.3) is 0 Å². The van der Waals surface area contributed by atoms with Crippen molar-refractivity contribution in [2.75, 3.05) is 6.54 Å². The van der Waals surface area contributed by atoms with Crippen LogP contribution in [0.25, 0.3) is 0 Å². The van der Waals surface area contributed by atoms with Crippen LogP contribution < -0.4 is 33.2 Å². The number of hydrogen-bond acceptors (Lipinski definition) is 8. The lowest BCUT2D eigenvalue weighted by Gasteiger charge is -2.23. The van der Waals surface area contributed by atoms with E-state index >= 15 is 0 Å². The van der Waals surface area contributed by atoms with Crippen molar-refractivity contribution in [3.63, 3.8) is 0 Å². The van der Waals surface area contributed by atoms with Gasteiger partial charge in [-0.3, -0.25) is 19.2 Å². The maximum atomic E-state index is 12.8. The first-order valence-electron chi connectivity index (χ1n) is 10.4. The molecule has 1 rings (SSSR count). The third-order valence-corrected chi connectivity index (χ3v) is 4.68. The first kappa shape index (κ1) is 27.5. The quantitative estimate of drug-likeness (QED) is 0.121. The highest BCUT2D eigenvalue weighted by atomic mass is 16.4. The zero-order chi connectivity index (χ0) is 25.0. The van der Waals surface area contributed by atoms with Crippen molar-refractivity contribution >= 4 is 29.6 Å². The van der Waals surface area contributed by atoms with E-state index in [2.05, 4.69) is 25.9 Å². The summed E-state index contributed by atoms with van der Waals surface area (Å²) in [6.07, 6.45) is 3.69. The van der Waals surface area contributed by atoms with Gasteiger partial charge in [-0.15, -0.1) is 0 Å². The van der Waals surface area contributed by atoms with E-state index in [1.165, 1.54) is 19.4 Å². The number of carboxylic acid groups (broad SMARTS) is 1. The van der Waals surface area contributed by atoms with Crippen LogP contribution in [0.2, 0.25) is 0 Å². The Kier molecular flexibility index (Phi) is 11.5. The molecular weight excluding hydrogens is 436 g/mol. The number of carboxylic acids is 1. The summed E-state index contributed by atoms with van der Waals surface area (Å²) in [6.45, 7) is 1.75. The third kappa shape index (κ3) is 10.1. The Hall–Kier alpha value is -3.52. The molecular formula is C19H32N8O6. The summed E-state index contributed by atoms with van der Waals surface area (Å²) in [7, 11) is 0. The Labute approximate surface area is 190 Å². The standard InChI is InChI=1S/C19H32N8O6/c1-10(25-17(30)12(21)7-15(22)28)16(29)26-13(4-2-3-5-20)18(31)27-14(19(32)33)6-11-8-23-9-24-11/h8-10,12-14H,2-7,20-21H2,1H3,(H2,22,28)(H,23,24)(H,25,30)(H,26,29)(H,27,31)(H,32,33). The van der Waals surface area contributed by atoms with Gasteiger partial charge in [-0.05, 0) is 32.7 Å². The van der Waals surface area contributed by atoms with Crippen LogP contribution in [0, 0.1) is 0 Å². The fourth-order valence-corrected chi connectivity index (χ4v) is 2.84. The molecule has 0 bridgehead atoms. The van der Waals surface area contributed by atoms with E-state index in [1.807, 2.05) is 0 Å². The lowest BCUT2D eigenvalue weighted by atomic mass is 10.1. The van der Waals surface area contributed by atoms with Crippen LogP contribution in [0.3, 0.4) is 0 Å². The van der Waals surface area contributed by atoms with Crippen molar-refractivity contribution in [1.29, 1.82) is 0 Å². The maximum Gasteiger partial charge on any atom is 0.326 e. The van der Waals surface area contributed by atoms with Crippen LogP contribution in [0.4, 0.5) is 0 Å². The molecule has 4 atom stereocenters. The molecule has 0 aliphatic carbocycles. The highest BCUT2D eigenvalue weighted by Crippen LogP contribution is 2.05. The van der Waals surface area contributed by atoms with E-state index < -0.39 is 60.2 Å². The lowest BCUT2D eigenvalue weighted by Crippen LogP contribution is -2.56. The zero-order valence-electron chi connectivity index (χ0n) is 18.4.